The van der Waals surface area contributed by atoms with E-state index in [9.17, 15) is 18.0 Å². The van der Waals surface area contributed by atoms with Crippen LogP contribution in [0.2, 0.25) is 0 Å². The van der Waals surface area contributed by atoms with E-state index in [1.807, 2.05) is 6.92 Å². The van der Waals surface area contributed by atoms with E-state index >= 15 is 0 Å². The third-order valence-corrected chi connectivity index (χ3v) is 4.07. The van der Waals surface area contributed by atoms with Crippen LogP contribution in [0.4, 0.5) is 13.2 Å². The number of carboxylic acid groups (broad SMARTS) is 2. The SMILES string of the molecule is CCO[C@@H]1CCCC[C@H]1NCc1cc(C(=O)O)nn1C.O=C(O)C(F)(F)F. The maximum absolute atomic E-state index is 10.9. The number of aryl methyl sites for hydroxylation is 1. The fraction of sp³-hybridized carbons (Fsp3) is 0.688. The van der Waals surface area contributed by atoms with Crippen molar-refractivity contribution < 1.29 is 37.7 Å². The zero-order chi connectivity index (χ0) is 20.6. The first-order chi connectivity index (χ1) is 12.6. The van der Waals surface area contributed by atoms with Crippen LogP contribution in [0.3, 0.4) is 0 Å². The van der Waals surface area contributed by atoms with Gasteiger partial charge in [0.1, 0.15) is 0 Å². The van der Waals surface area contributed by atoms with Crippen molar-refractivity contribution in [2.75, 3.05) is 6.61 Å². The van der Waals surface area contributed by atoms with Gasteiger partial charge in [0.15, 0.2) is 5.69 Å². The molecule has 154 valence electrons. The zero-order valence-electron chi connectivity index (χ0n) is 15.1. The van der Waals surface area contributed by atoms with Gasteiger partial charge in [0.05, 0.1) is 11.8 Å². The molecule has 0 bridgehead atoms. The molecule has 1 aliphatic carbocycles. The third-order valence-electron chi connectivity index (χ3n) is 4.07. The summed E-state index contributed by atoms with van der Waals surface area (Å²) < 4.78 is 39.1. The van der Waals surface area contributed by atoms with Crippen molar-refractivity contribution in [1.82, 2.24) is 15.1 Å². The third kappa shape index (κ3) is 7.55. The molecule has 1 aliphatic rings. The maximum atomic E-state index is 10.9. The van der Waals surface area contributed by atoms with E-state index in [1.165, 1.54) is 12.8 Å². The molecule has 8 nitrogen and oxygen atoms in total. The van der Waals surface area contributed by atoms with Gasteiger partial charge >= 0.3 is 18.1 Å². The number of nitrogens with zero attached hydrogens (tertiary/aromatic N) is 2. The molecule has 1 aromatic rings. The minimum absolute atomic E-state index is 0.0919. The summed E-state index contributed by atoms with van der Waals surface area (Å²) in [5.74, 6) is -3.75. The van der Waals surface area contributed by atoms with Crippen molar-refractivity contribution in [2.45, 2.75) is 57.5 Å². The van der Waals surface area contributed by atoms with Crippen LogP contribution < -0.4 is 5.32 Å². The molecule has 3 N–H and O–H groups in total. The number of carbonyl (C=O) groups is 2. The first kappa shape index (κ1) is 22.9. The van der Waals surface area contributed by atoms with Crippen LogP contribution in [0, 0.1) is 0 Å². The van der Waals surface area contributed by atoms with Gasteiger partial charge in [-0.3, -0.25) is 4.68 Å². The molecule has 1 fully saturated rings. The predicted molar refractivity (Wildman–Crippen MR) is 88.4 cm³/mol. The Morgan fingerprint density at radius 1 is 1.33 bits per heavy atom. The van der Waals surface area contributed by atoms with Crippen molar-refractivity contribution >= 4 is 11.9 Å². The number of aromatic nitrogens is 2. The second kappa shape index (κ2) is 10.3. The Kier molecular flexibility index (Phi) is 8.70. The summed E-state index contributed by atoms with van der Waals surface area (Å²) in [4.78, 5) is 19.8. The average molecular weight is 395 g/mol. The number of nitrogens with one attached hydrogen (secondary N) is 1. The quantitative estimate of drug-likeness (QED) is 0.677. The lowest BCUT2D eigenvalue weighted by molar-refractivity contribution is -0.192. The Labute approximate surface area is 154 Å². The highest BCUT2D eigenvalue weighted by molar-refractivity contribution is 5.85. The highest BCUT2D eigenvalue weighted by atomic mass is 19.4. The molecule has 0 spiro atoms. The van der Waals surface area contributed by atoms with Gasteiger partial charge in [0, 0.05) is 26.2 Å². The van der Waals surface area contributed by atoms with Crippen LogP contribution in [0.1, 0.15) is 48.8 Å². The van der Waals surface area contributed by atoms with Crippen LogP contribution in [-0.4, -0.2) is 56.9 Å². The Morgan fingerprint density at radius 3 is 2.41 bits per heavy atom. The molecule has 1 heterocycles. The van der Waals surface area contributed by atoms with E-state index in [4.69, 9.17) is 19.7 Å². The normalized spacial score (nSPS) is 19.9. The minimum Gasteiger partial charge on any atom is -0.476 e. The lowest BCUT2D eigenvalue weighted by Crippen LogP contribution is -2.43. The lowest BCUT2D eigenvalue weighted by atomic mass is 9.92. The molecule has 0 radical (unpaired) electrons. The van der Waals surface area contributed by atoms with Gasteiger partial charge in [-0.2, -0.15) is 18.3 Å². The van der Waals surface area contributed by atoms with E-state index in [-0.39, 0.29) is 11.8 Å². The fourth-order valence-electron chi connectivity index (χ4n) is 2.76. The number of aromatic carboxylic acids is 1. The number of hydrogen-bond donors (Lipinski definition) is 3. The van der Waals surface area contributed by atoms with Crippen molar-refractivity contribution in [2.24, 2.45) is 7.05 Å². The smallest absolute Gasteiger partial charge is 0.476 e. The second-order valence-electron chi connectivity index (χ2n) is 6.02. The molecule has 0 unspecified atom stereocenters. The van der Waals surface area contributed by atoms with Crippen molar-refractivity contribution in [3.63, 3.8) is 0 Å². The summed E-state index contributed by atoms with van der Waals surface area (Å²) in [6, 6.07) is 1.96. The lowest BCUT2D eigenvalue weighted by Gasteiger charge is -2.32. The summed E-state index contributed by atoms with van der Waals surface area (Å²) in [7, 11) is 1.77. The summed E-state index contributed by atoms with van der Waals surface area (Å²) in [6.45, 7) is 3.37. The largest absolute Gasteiger partial charge is 0.490 e. The Hall–Kier alpha value is -2.14. The highest BCUT2D eigenvalue weighted by Crippen LogP contribution is 2.21. The molecule has 2 atom stereocenters. The molecular formula is C16H24F3N3O5. The minimum atomic E-state index is -5.08. The maximum Gasteiger partial charge on any atom is 0.490 e. The van der Waals surface area contributed by atoms with Gasteiger partial charge in [-0.25, -0.2) is 9.59 Å². The number of hydrogen-bond acceptors (Lipinski definition) is 5. The molecule has 11 heteroatoms. The van der Waals surface area contributed by atoms with E-state index < -0.39 is 18.1 Å². The van der Waals surface area contributed by atoms with Gasteiger partial charge in [0.2, 0.25) is 0 Å². The monoisotopic (exact) mass is 395 g/mol. The molecule has 1 aromatic heterocycles. The molecule has 2 rings (SSSR count). The Bertz CT molecular complexity index is 631. The Morgan fingerprint density at radius 2 is 1.93 bits per heavy atom. The van der Waals surface area contributed by atoms with Crippen LogP contribution in [0.5, 0.6) is 0 Å². The van der Waals surface area contributed by atoms with Crippen LogP contribution in [0.15, 0.2) is 6.07 Å². The fourth-order valence-corrected chi connectivity index (χ4v) is 2.76. The highest BCUT2D eigenvalue weighted by Gasteiger charge is 2.38. The van der Waals surface area contributed by atoms with Crippen LogP contribution >= 0.6 is 0 Å². The second-order valence-corrected chi connectivity index (χ2v) is 6.02. The first-order valence-electron chi connectivity index (χ1n) is 8.47. The molecular weight excluding hydrogens is 371 g/mol. The van der Waals surface area contributed by atoms with E-state index in [1.54, 1.807) is 17.8 Å². The van der Waals surface area contributed by atoms with Gasteiger partial charge in [-0.05, 0) is 25.8 Å². The van der Waals surface area contributed by atoms with Gasteiger partial charge < -0.3 is 20.3 Å². The number of rotatable bonds is 6. The first-order valence-corrected chi connectivity index (χ1v) is 8.47. The topological polar surface area (TPSA) is 114 Å². The summed E-state index contributed by atoms with van der Waals surface area (Å²) in [5, 5.41) is 23.5. The van der Waals surface area contributed by atoms with E-state index in [0.29, 0.717) is 12.6 Å². The summed E-state index contributed by atoms with van der Waals surface area (Å²) in [5.41, 5.74) is 0.970. The molecule has 0 aliphatic heterocycles. The number of aliphatic carboxylic acids is 1. The van der Waals surface area contributed by atoms with E-state index in [0.717, 1.165) is 25.1 Å². The van der Waals surface area contributed by atoms with Gasteiger partial charge in [0.25, 0.3) is 0 Å². The standard InChI is InChI=1S/C14H23N3O3.C2HF3O2/c1-3-20-13-7-5-4-6-11(13)15-9-10-8-12(14(18)19)16-17(10)2;3-2(4,5)1(6)7/h8,11,13,15H,3-7,9H2,1-2H3,(H,18,19);(H,6,7)/t11-,13-;/m1./s1. The number of alkyl halides is 3. The molecule has 0 saturated heterocycles. The van der Waals surface area contributed by atoms with Gasteiger partial charge in [-0.15, -0.1) is 0 Å². The summed E-state index contributed by atoms with van der Waals surface area (Å²) >= 11 is 0. The van der Waals surface area contributed by atoms with Gasteiger partial charge in [-0.1, -0.05) is 12.8 Å². The number of halogens is 3. The zero-order valence-corrected chi connectivity index (χ0v) is 15.1. The van der Waals surface area contributed by atoms with Crippen LogP contribution in [-0.2, 0) is 23.1 Å². The molecule has 27 heavy (non-hydrogen) atoms. The van der Waals surface area contributed by atoms with Crippen molar-refractivity contribution in [1.29, 1.82) is 0 Å². The van der Waals surface area contributed by atoms with Crippen molar-refractivity contribution in [3.8, 4) is 0 Å². The Balaban J connectivity index is 0.000000445. The van der Waals surface area contributed by atoms with Crippen LogP contribution in [0.25, 0.3) is 0 Å². The number of ether oxygens (including phenoxy) is 1. The number of carboxylic acids is 2. The molecule has 0 amide bonds. The molecule has 0 aromatic carbocycles. The van der Waals surface area contributed by atoms with E-state index in [2.05, 4.69) is 10.4 Å². The average Bonchev–Trinajstić information content (AvgIpc) is 2.95. The predicted octanol–water partition coefficient (Wildman–Crippen LogP) is 2.19. The van der Waals surface area contributed by atoms with Crippen molar-refractivity contribution in [3.05, 3.63) is 17.5 Å². The summed E-state index contributed by atoms with van der Waals surface area (Å²) in [6.07, 6.45) is -0.183. The molecule has 1 saturated carbocycles.